The van der Waals surface area contributed by atoms with E-state index < -0.39 is 10.0 Å². The van der Waals surface area contributed by atoms with Crippen molar-refractivity contribution in [3.63, 3.8) is 0 Å². The third kappa shape index (κ3) is 3.84. The molecule has 8 heteroatoms. The molecule has 0 aliphatic carbocycles. The zero-order valence-electron chi connectivity index (χ0n) is 15.2. The van der Waals surface area contributed by atoms with Gasteiger partial charge in [0.2, 0.25) is 10.0 Å². The minimum atomic E-state index is -3.66. The summed E-state index contributed by atoms with van der Waals surface area (Å²) in [5, 5.41) is 8.86. The lowest BCUT2D eigenvalue weighted by molar-refractivity contribution is 0.0591. The summed E-state index contributed by atoms with van der Waals surface area (Å²) < 4.78 is 27.1. The van der Waals surface area contributed by atoms with E-state index in [1.165, 1.54) is 28.6 Å². The molecular weight excluding hydrogens is 364 g/mol. The Morgan fingerprint density at radius 3 is 2.52 bits per heavy atom. The number of benzene rings is 1. The summed E-state index contributed by atoms with van der Waals surface area (Å²) in [5.74, 6) is -0.122. The Hall–Kier alpha value is -2.76. The van der Waals surface area contributed by atoms with Crippen LogP contribution in [0.25, 0.3) is 0 Å². The summed E-state index contributed by atoms with van der Waals surface area (Å²) in [5.41, 5.74) is 1.72. The zero-order valence-corrected chi connectivity index (χ0v) is 16.0. The number of hydrogen-bond acceptors (Lipinski definition) is 5. The molecule has 0 N–H and O–H groups in total. The molecule has 2 aromatic rings. The first kappa shape index (κ1) is 19.0. The highest BCUT2D eigenvalue weighted by Crippen LogP contribution is 2.21. The normalized spacial score (nSPS) is 18.1. The summed E-state index contributed by atoms with van der Waals surface area (Å²) in [6.07, 6.45) is 1.60. The van der Waals surface area contributed by atoms with Gasteiger partial charge in [-0.15, -0.1) is 0 Å². The lowest BCUT2D eigenvalue weighted by Crippen LogP contribution is -2.55. The van der Waals surface area contributed by atoms with Crippen molar-refractivity contribution < 1.29 is 13.2 Å². The number of rotatable bonds is 3. The third-order valence-corrected chi connectivity index (χ3v) is 6.50. The molecule has 1 aliphatic heterocycles. The van der Waals surface area contributed by atoms with Gasteiger partial charge in [0.25, 0.3) is 5.91 Å². The lowest BCUT2D eigenvalue weighted by atomic mass is 10.1. The molecular formula is C19H20N4O3S. The average molecular weight is 384 g/mol. The molecule has 3 rings (SSSR count). The maximum absolute atomic E-state index is 12.9. The molecule has 1 amide bonds. The molecule has 140 valence electrons. The molecule has 1 atom stereocenters. The molecule has 1 aliphatic rings. The molecule has 1 aromatic carbocycles. The summed E-state index contributed by atoms with van der Waals surface area (Å²) in [7, 11) is -3.66. The van der Waals surface area contributed by atoms with Gasteiger partial charge < -0.3 is 4.90 Å². The molecule has 0 saturated carbocycles. The van der Waals surface area contributed by atoms with Gasteiger partial charge in [-0.2, -0.15) is 9.57 Å². The minimum absolute atomic E-state index is 0.122. The van der Waals surface area contributed by atoms with Gasteiger partial charge in [-0.3, -0.25) is 9.78 Å². The largest absolute Gasteiger partial charge is 0.333 e. The number of carbonyl (C=O) groups is 1. The molecule has 0 bridgehead atoms. The van der Waals surface area contributed by atoms with Crippen molar-refractivity contribution in [1.82, 2.24) is 14.2 Å². The van der Waals surface area contributed by atoms with Crippen molar-refractivity contribution in [3.05, 3.63) is 59.4 Å². The van der Waals surface area contributed by atoms with Crippen LogP contribution in [-0.2, 0) is 10.0 Å². The van der Waals surface area contributed by atoms with Gasteiger partial charge in [-0.25, -0.2) is 8.42 Å². The van der Waals surface area contributed by atoms with E-state index in [2.05, 4.69) is 4.98 Å². The number of pyridine rings is 1. The highest BCUT2D eigenvalue weighted by molar-refractivity contribution is 7.89. The number of sulfonamides is 1. The van der Waals surface area contributed by atoms with Crippen LogP contribution in [-0.4, -0.2) is 54.2 Å². The summed E-state index contributed by atoms with van der Waals surface area (Å²) in [6, 6.07) is 11.0. The molecule has 0 radical (unpaired) electrons. The molecule has 7 nitrogen and oxygen atoms in total. The quantitative estimate of drug-likeness (QED) is 0.804. The number of aryl methyl sites for hydroxylation is 1. The van der Waals surface area contributed by atoms with Gasteiger partial charge in [0.1, 0.15) is 0 Å². The molecule has 0 unspecified atom stereocenters. The standard InChI is InChI=1S/C19H20N4O3S/c1-14-11-17(7-8-21-14)19(24)23-10-9-22(13-15(23)2)27(25,26)18-5-3-16(12-20)4-6-18/h3-8,11,15H,9-10,13H2,1-2H3/t15-/m0/s1. The summed E-state index contributed by atoms with van der Waals surface area (Å²) in [6.45, 7) is 4.42. The number of amides is 1. The Morgan fingerprint density at radius 1 is 1.22 bits per heavy atom. The number of carbonyl (C=O) groups excluding carboxylic acids is 1. The maximum Gasteiger partial charge on any atom is 0.254 e. The molecule has 27 heavy (non-hydrogen) atoms. The highest BCUT2D eigenvalue weighted by Gasteiger charge is 2.34. The Morgan fingerprint density at radius 2 is 1.93 bits per heavy atom. The first-order valence-electron chi connectivity index (χ1n) is 8.57. The average Bonchev–Trinajstić information content (AvgIpc) is 2.67. The monoisotopic (exact) mass is 384 g/mol. The van der Waals surface area contributed by atoms with Crippen molar-refractivity contribution in [2.75, 3.05) is 19.6 Å². The van der Waals surface area contributed by atoms with Crippen molar-refractivity contribution in [2.24, 2.45) is 0 Å². The smallest absolute Gasteiger partial charge is 0.254 e. The first-order valence-corrected chi connectivity index (χ1v) is 10.0. The fourth-order valence-electron chi connectivity index (χ4n) is 3.14. The van der Waals surface area contributed by atoms with Crippen LogP contribution < -0.4 is 0 Å². The van der Waals surface area contributed by atoms with E-state index in [4.69, 9.17) is 5.26 Å². The predicted molar refractivity (Wildman–Crippen MR) is 99.4 cm³/mol. The van der Waals surface area contributed by atoms with Gasteiger partial charge in [-0.05, 0) is 50.2 Å². The highest BCUT2D eigenvalue weighted by atomic mass is 32.2. The Balaban J connectivity index is 1.76. The van der Waals surface area contributed by atoms with Crippen LogP contribution in [0.2, 0.25) is 0 Å². The molecule has 1 aromatic heterocycles. The van der Waals surface area contributed by atoms with Crippen LogP contribution in [0.3, 0.4) is 0 Å². The number of nitrogens with zero attached hydrogens (tertiary/aromatic N) is 4. The summed E-state index contributed by atoms with van der Waals surface area (Å²) in [4.78, 5) is 18.7. The summed E-state index contributed by atoms with van der Waals surface area (Å²) >= 11 is 0. The second-order valence-corrected chi connectivity index (χ2v) is 8.47. The van der Waals surface area contributed by atoms with E-state index >= 15 is 0 Å². The van der Waals surface area contributed by atoms with Gasteiger partial charge in [0, 0.05) is 43.1 Å². The first-order chi connectivity index (χ1) is 12.8. The van der Waals surface area contributed by atoms with E-state index in [0.717, 1.165) is 5.69 Å². The number of piperazine rings is 1. The number of nitriles is 1. The van der Waals surface area contributed by atoms with E-state index in [-0.39, 0.29) is 29.9 Å². The van der Waals surface area contributed by atoms with Gasteiger partial charge in [0.15, 0.2) is 0 Å². The van der Waals surface area contributed by atoms with Crippen LogP contribution in [0, 0.1) is 18.3 Å². The zero-order chi connectivity index (χ0) is 19.6. The van der Waals surface area contributed by atoms with E-state index in [0.29, 0.717) is 17.7 Å². The van der Waals surface area contributed by atoms with E-state index in [1.807, 2.05) is 19.9 Å². The van der Waals surface area contributed by atoms with Gasteiger partial charge >= 0.3 is 0 Å². The Bertz CT molecular complexity index is 996. The van der Waals surface area contributed by atoms with Gasteiger partial charge in [-0.1, -0.05) is 0 Å². The lowest BCUT2D eigenvalue weighted by Gasteiger charge is -2.39. The molecule has 2 heterocycles. The van der Waals surface area contributed by atoms with Crippen molar-refractivity contribution in [1.29, 1.82) is 5.26 Å². The molecule has 1 fully saturated rings. The van der Waals surface area contributed by atoms with Crippen LogP contribution in [0.4, 0.5) is 0 Å². The number of hydrogen-bond donors (Lipinski definition) is 0. The topological polar surface area (TPSA) is 94.4 Å². The molecule has 0 spiro atoms. The van der Waals surface area contributed by atoms with Crippen molar-refractivity contribution >= 4 is 15.9 Å². The van der Waals surface area contributed by atoms with Crippen LogP contribution in [0.5, 0.6) is 0 Å². The second-order valence-electron chi connectivity index (χ2n) is 6.53. The van der Waals surface area contributed by atoms with Crippen LogP contribution >= 0.6 is 0 Å². The SMILES string of the molecule is Cc1cc(C(=O)N2CCN(S(=O)(=O)c3ccc(C#N)cc3)C[C@@H]2C)ccn1. The predicted octanol–water partition coefficient (Wildman–Crippen LogP) is 1.80. The Kier molecular flexibility index (Phi) is 5.26. The Labute approximate surface area is 158 Å². The van der Waals surface area contributed by atoms with Gasteiger partial charge in [0.05, 0.1) is 16.5 Å². The number of aromatic nitrogens is 1. The fourth-order valence-corrected chi connectivity index (χ4v) is 4.65. The second kappa shape index (κ2) is 7.47. The fraction of sp³-hybridized carbons (Fsp3) is 0.316. The maximum atomic E-state index is 12.9. The van der Waals surface area contributed by atoms with Crippen molar-refractivity contribution in [3.8, 4) is 6.07 Å². The minimum Gasteiger partial charge on any atom is -0.333 e. The van der Waals surface area contributed by atoms with E-state index in [9.17, 15) is 13.2 Å². The molecule has 1 saturated heterocycles. The van der Waals surface area contributed by atoms with E-state index in [1.54, 1.807) is 23.2 Å². The van der Waals surface area contributed by atoms with Crippen molar-refractivity contribution in [2.45, 2.75) is 24.8 Å². The third-order valence-electron chi connectivity index (χ3n) is 4.62. The van der Waals surface area contributed by atoms with Crippen LogP contribution in [0.15, 0.2) is 47.5 Å². The van der Waals surface area contributed by atoms with Crippen LogP contribution in [0.1, 0.15) is 28.5 Å².